The molecule has 2 unspecified atom stereocenters. The molecule has 0 saturated heterocycles. The summed E-state index contributed by atoms with van der Waals surface area (Å²) in [5, 5.41) is 6.92. The molecule has 7 nitrogen and oxygen atoms in total. The number of hydrogen-bond donors (Lipinski definition) is 2. The van der Waals surface area contributed by atoms with Gasteiger partial charge in [-0.25, -0.2) is 13.1 Å². The lowest BCUT2D eigenvalue weighted by Crippen LogP contribution is -2.45. The highest BCUT2D eigenvalue weighted by Gasteiger charge is 2.31. The summed E-state index contributed by atoms with van der Waals surface area (Å²) in [6.07, 6.45) is 0. The normalized spacial score (nSPS) is 15.2. The van der Waals surface area contributed by atoms with Crippen molar-refractivity contribution < 1.29 is 27.9 Å². The van der Waals surface area contributed by atoms with E-state index in [0.717, 1.165) is 6.92 Å². The predicted molar refractivity (Wildman–Crippen MR) is 55.2 cm³/mol. The fraction of sp³-hybridized carbons (Fsp3) is 0.750. The number of carboxylic acids is 1. The highest BCUT2D eigenvalue weighted by Crippen LogP contribution is 2.01. The second-order valence-electron chi connectivity index (χ2n) is 3.12. The van der Waals surface area contributed by atoms with Gasteiger partial charge in [-0.15, -0.1) is 0 Å². The third kappa shape index (κ3) is 4.15. The zero-order valence-corrected chi connectivity index (χ0v) is 10.1. The van der Waals surface area contributed by atoms with Crippen molar-refractivity contribution >= 4 is 22.0 Å². The van der Waals surface area contributed by atoms with Gasteiger partial charge in [-0.2, -0.15) is 0 Å². The molecule has 0 aromatic heterocycles. The van der Waals surface area contributed by atoms with Gasteiger partial charge in [0.05, 0.1) is 6.61 Å². The number of aliphatic carboxylic acids is 1. The summed E-state index contributed by atoms with van der Waals surface area (Å²) >= 11 is 0. The molecule has 0 aromatic carbocycles. The third-order valence-electron chi connectivity index (χ3n) is 1.79. The van der Waals surface area contributed by atoms with Crippen LogP contribution >= 0.6 is 0 Å². The van der Waals surface area contributed by atoms with Crippen molar-refractivity contribution in [1.82, 2.24) is 4.72 Å². The first-order valence-corrected chi connectivity index (χ1v) is 6.17. The van der Waals surface area contributed by atoms with Crippen molar-refractivity contribution in [3.8, 4) is 0 Å². The molecule has 0 bridgehead atoms. The minimum atomic E-state index is -4.07. The maximum atomic E-state index is 11.4. The fourth-order valence-electron chi connectivity index (χ4n) is 0.797. The summed E-state index contributed by atoms with van der Waals surface area (Å²) in [4.78, 5) is 21.6. The van der Waals surface area contributed by atoms with Crippen LogP contribution in [0, 0.1) is 0 Å². The second-order valence-corrected chi connectivity index (χ2v) is 5.15. The van der Waals surface area contributed by atoms with E-state index >= 15 is 0 Å². The van der Waals surface area contributed by atoms with Crippen LogP contribution in [0.25, 0.3) is 0 Å². The summed E-state index contributed by atoms with van der Waals surface area (Å²) in [5.74, 6) is -2.23. The molecular formula is C8H15NO6S. The Kier molecular flexibility index (Phi) is 5.39. The van der Waals surface area contributed by atoms with Crippen LogP contribution in [0.1, 0.15) is 20.8 Å². The molecule has 0 aromatic rings. The van der Waals surface area contributed by atoms with Crippen LogP contribution < -0.4 is 4.72 Å². The molecule has 0 aliphatic carbocycles. The van der Waals surface area contributed by atoms with Crippen LogP contribution in [-0.2, 0) is 24.3 Å². The Morgan fingerprint density at radius 2 is 1.88 bits per heavy atom. The lowest BCUT2D eigenvalue weighted by molar-refractivity contribution is -0.144. The van der Waals surface area contributed by atoms with E-state index in [4.69, 9.17) is 5.11 Å². The first-order valence-electron chi connectivity index (χ1n) is 4.63. The average Bonchev–Trinajstić information content (AvgIpc) is 2.16. The Balaban J connectivity index is 4.60. The fourth-order valence-corrected chi connectivity index (χ4v) is 1.86. The van der Waals surface area contributed by atoms with Crippen molar-refractivity contribution in [3.63, 3.8) is 0 Å². The summed E-state index contributed by atoms with van der Waals surface area (Å²) < 4.78 is 29.3. The van der Waals surface area contributed by atoms with Gasteiger partial charge in [0.15, 0.2) is 5.25 Å². The van der Waals surface area contributed by atoms with Crippen molar-refractivity contribution in [2.75, 3.05) is 6.61 Å². The maximum absolute atomic E-state index is 11.4. The molecule has 0 aliphatic rings. The molecule has 0 fully saturated rings. The van der Waals surface area contributed by atoms with E-state index in [1.165, 1.54) is 6.92 Å². The summed E-state index contributed by atoms with van der Waals surface area (Å²) in [6.45, 7) is 4.00. The van der Waals surface area contributed by atoms with E-state index in [-0.39, 0.29) is 6.61 Å². The smallest absolute Gasteiger partial charge is 0.323 e. The largest absolute Gasteiger partial charge is 0.480 e. The Labute approximate surface area is 93.8 Å². The molecule has 0 spiro atoms. The van der Waals surface area contributed by atoms with Gasteiger partial charge in [-0.1, -0.05) is 0 Å². The number of sulfonamides is 1. The Morgan fingerprint density at radius 3 is 2.25 bits per heavy atom. The first-order chi connectivity index (χ1) is 7.22. The molecule has 2 N–H and O–H groups in total. The number of esters is 1. The molecule has 16 heavy (non-hydrogen) atoms. The Morgan fingerprint density at radius 1 is 1.38 bits per heavy atom. The lowest BCUT2D eigenvalue weighted by Gasteiger charge is -2.14. The number of ether oxygens (including phenoxy) is 1. The third-order valence-corrected chi connectivity index (χ3v) is 3.61. The van der Waals surface area contributed by atoms with Gasteiger partial charge in [-0.3, -0.25) is 9.59 Å². The van der Waals surface area contributed by atoms with Crippen LogP contribution in [-0.4, -0.2) is 43.4 Å². The molecule has 0 rings (SSSR count). The van der Waals surface area contributed by atoms with Gasteiger partial charge >= 0.3 is 11.9 Å². The van der Waals surface area contributed by atoms with Crippen molar-refractivity contribution in [3.05, 3.63) is 0 Å². The molecule has 0 heterocycles. The molecule has 0 saturated carbocycles. The van der Waals surface area contributed by atoms with Crippen LogP contribution in [0.5, 0.6) is 0 Å². The number of hydrogen-bond acceptors (Lipinski definition) is 5. The highest BCUT2D eigenvalue weighted by molar-refractivity contribution is 7.90. The van der Waals surface area contributed by atoms with E-state index in [1.807, 2.05) is 4.72 Å². The Bertz CT molecular complexity index is 363. The van der Waals surface area contributed by atoms with Crippen LogP contribution in [0.3, 0.4) is 0 Å². The van der Waals surface area contributed by atoms with Gasteiger partial charge in [0, 0.05) is 0 Å². The van der Waals surface area contributed by atoms with Crippen molar-refractivity contribution in [2.24, 2.45) is 0 Å². The van der Waals surface area contributed by atoms with E-state index in [9.17, 15) is 18.0 Å². The quantitative estimate of drug-likeness (QED) is 0.607. The van der Waals surface area contributed by atoms with Crippen LogP contribution in [0.4, 0.5) is 0 Å². The second kappa shape index (κ2) is 5.80. The first kappa shape index (κ1) is 14.8. The highest BCUT2D eigenvalue weighted by atomic mass is 32.2. The van der Waals surface area contributed by atoms with Gasteiger partial charge in [-0.05, 0) is 20.8 Å². The summed E-state index contributed by atoms with van der Waals surface area (Å²) in [6, 6.07) is -1.10. The zero-order valence-electron chi connectivity index (χ0n) is 9.26. The molecule has 8 heteroatoms. The maximum Gasteiger partial charge on any atom is 0.323 e. The van der Waals surface area contributed by atoms with Crippen LogP contribution in [0.15, 0.2) is 0 Å². The van der Waals surface area contributed by atoms with Gasteiger partial charge in [0.2, 0.25) is 10.0 Å². The van der Waals surface area contributed by atoms with E-state index < -0.39 is 33.3 Å². The van der Waals surface area contributed by atoms with Crippen LogP contribution in [0.2, 0.25) is 0 Å². The van der Waals surface area contributed by atoms with Crippen molar-refractivity contribution in [2.45, 2.75) is 32.1 Å². The number of rotatable bonds is 6. The van der Waals surface area contributed by atoms with E-state index in [0.29, 0.717) is 0 Å². The van der Waals surface area contributed by atoms with Gasteiger partial charge in [0.1, 0.15) is 6.04 Å². The van der Waals surface area contributed by atoms with E-state index in [2.05, 4.69) is 4.74 Å². The number of nitrogens with one attached hydrogen (secondary N) is 1. The average molecular weight is 253 g/mol. The lowest BCUT2D eigenvalue weighted by atomic mass is 10.4. The molecule has 0 amide bonds. The Hall–Kier alpha value is -1.15. The molecule has 2 atom stereocenters. The topological polar surface area (TPSA) is 110 Å². The van der Waals surface area contributed by atoms with Gasteiger partial charge < -0.3 is 9.84 Å². The minimum absolute atomic E-state index is 0.124. The summed E-state index contributed by atoms with van der Waals surface area (Å²) in [7, 11) is -4.07. The molecular weight excluding hydrogens is 238 g/mol. The van der Waals surface area contributed by atoms with E-state index in [1.54, 1.807) is 6.92 Å². The molecule has 94 valence electrons. The number of carboxylic acid groups (broad SMARTS) is 1. The SMILES string of the molecule is CCOC(=O)C(C)NS(=O)(=O)C(C)C(=O)O. The van der Waals surface area contributed by atoms with Crippen molar-refractivity contribution in [1.29, 1.82) is 0 Å². The number of carbonyl (C=O) groups is 2. The zero-order chi connectivity index (χ0) is 12.9. The van der Waals surface area contributed by atoms with Gasteiger partial charge in [0.25, 0.3) is 0 Å². The number of carbonyl (C=O) groups excluding carboxylic acids is 1. The standard InChI is InChI=1S/C8H15NO6S/c1-4-15-8(12)5(2)9-16(13,14)6(3)7(10)11/h5-6,9H,4H2,1-3H3,(H,10,11). The minimum Gasteiger partial charge on any atom is -0.480 e. The molecule has 0 radical (unpaired) electrons. The monoisotopic (exact) mass is 253 g/mol. The summed E-state index contributed by atoms with van der Waals surface area (Å²) in [5.41, 5.74) is 0. The molecule has 0 aliphatic heterocycles. The predicted octanol–water partition coefficient (Wildman–Crippen LogP) is -0.669.